The van der Waals surface area contributed by atoms with Gasteiger partial charge in [0.15, 0.2) is 0 Å². The Bertz CT molecular complexity index is 800. The van der Waals surface area contributed by atoms with Crippen LogP contribution in [0, 0.1) is 0 Å². The maximum atomic E-state index is 13.1. The Morgan fingerprint density at radius 2 is 1.71 bits per heavy atom. The molecule has 2 heterocycles. The number of amides is 2. The molecule has 2 fully saturated rings. The van der Waals surface area contributed by atoms with E-state index in [1.54, 1.807) is 7.11 Å². The third kappa shape index (κ3) is 3.93. The van der Waals surface area contributed by atoms with E-state index in [0.29, 0.717) is 0 Å². The summed E-state index contributed by atoms with van der Waals surface area (Å²) in [7, 11) is 1.67. The number of likely N-dealkylation sites (tertiary alicyclic amines) is 1. The number of ether oxygens (including phenoxy) is 1. The van der Waals surface area contributed by atoms with E-state index in [4.69, 9.17) is 4.74 Å². The van der Waals surface area contributed by atoms with Crippen LogP contribution in [0.5, 0.6) is 5.75 Å². The van der Waals surface area contributed by atoms with Gasteiger partial charge in [0, 0.05) is 19.6 Å². The van der Waals surface area contributed by atoms with Crippen molar-refractivity contribution >= 4 is 17.4 Å². The molecule has 4 rings (SSSR count). The Morgan fingerprint density at radius 3 is 2.46 bits per heavy atom. The summed E-state index contributed by atoms with van der Waals surface area (Å²) in [5.74, 6) is 0.841. The summed E-state index contributed by atoms with van der Waals surface area (Å²) in [5, 5.41) is 3.19. The van der Waals surface area contributed by atoms with Crippen LogP contribution in [0.2, 0.25) is 0 Å². The van der Waals surface area contributed by atoms with Crippen LogP contribution in [-0.4, -0.2) is 37.7 Å². The van der Waals surface area contributed by atoms with Crippen LogP contribution in [0.15, 0.2) is 48.5 Å². The van der Waals surface area contributed by atoms with Gasteiger partial charge in [0.05, 0.1) is 24.5 Å². The molecule has 2 aromatic rings. The first-order valence-electron chi connectivity index (χ1n) is 10.3. The fraction of sp³-hybridized carbons (Fsp3) is 0.435. The lowest BCUT2D eigenvalue weighted by Crippen LogP contribution is -2.35. The molecule has 2 aromatic carbocycles. The molecule has 5 heteroatoms. The van der Waals surface area contributed by atoms with Crippen molar-refractivity contribution in [2.45, 2.75) is 38.1 Å². The van der Waals surface area contributed by atoms with E-state index < -0.39 is 0 Å². The second-order valence-corrected chi connectivity index (χ2v) is 7.62. The highest BCUT2D eigenvalue weighted by Gasteiger charge is 2.30. The van der Waals surface area contributed by atoms with Crippen molar-refractivity contribution in [1.29, 1.82) is 0 Å². The van der Waals surface area contributed by atoms with Gasteiger partial charge in [0.1, 0.15) is 5.75 Å². The van der Waals surface area contributed by atoms with Crippen LogP contribution in [0.4, 0.5) is 16.2 Å². The van der Waals surface area contributed by atoms with Crippen LogP contribution in [-0.2, 0) is 0 Å². The lowest BCUT2D eigenvalue weighted by atomic mass is 10.0. The number of rotatable bonds is 4. The normalized spacial score (nSPS) is 19.5. The Labute approximate surface area is 167 Å². The summed E-state index contributed by atoms with van der Waals surface area (Å²) in [6.07, 6.45) is 5.75. The summed E-state index contributed by atoms with van der Waals surface area (Å²) in [6.45, 7) is 2.91. The summed E-state index contributed by atoms with van der Waals surface area (Å²) in [5.41, 5.74) is 3.21. The monoisotopic (exact) mass is 379 g/mol. The van der Waals surface area contributed by atoms with E-state index in [2.05, 4.69) is 34.5 Å². The third-order valence-corrected chi connectivity index (χ3v) is 5.86. The molecular formula is C23H29N3O2. The lowest BCUT2D eigenvalue weighted by molar-refractivity contribution is 0.207. The van der Waals surface area contributed by atoms with E-state index in [1.807, 2.05) is 29.2 Å². The maximum absolute atomic E-state index is 13.1. The molecule has 2 aliphatic rings. The fourth-order valence-electron chi connectivity index (χ4n) is 4.36. The SMILES string of the molecule is COc1ccc([C@@H]2CCCN2C(=O)Nc2ccccc2N2CCCCC2)cc1. The predicted molar refractivity (Wildman–Crippen MR) is 113 cm³/mol. The number of piperidine rings is 1. The smallest absolute Gasteiger partial charge is 0.322 e. The summed E-state index contributed by atoms with van der Waals surface area (Å²) in [4.78, 5) is 17.5. The second-order valence-electron chi connectivity index (χ2n) is 7.62. The number of anilines is 2. The van der Waals surface area contributed by atoms with Gasteiger partial charge in [0.25, 0.3) is 0 Å². The minimum absolute atomic E-state index is 0.0113. The number of nitrogens with one attached hydrogen (secondary N) is 1. The maximum Gasteiger partial charge on any atom is 0.322 e. The van der Waals surface area contributed by atoms with Crippen molar-refractivity contribution in [3.8, 4) is 5.75 Å². The van der Waals surface area contributed by atoms with Gasteiger partial charge in [-0.25, -0.2) is 4.79 Å². The van der Waals surface area contributed by atoms with E-state index in [0.717, 1.165) is 55.2 Å². The molecule has 0 unspecified atom stereocenters. The Morgan fingerprint density at radius 1 is 0.964 bits per heavy atom. The minimum Gasteiger partial charge on any atom is -0.497 e. The van der Waals surface area contributed by atoms with Crippen LogP contribution < -0.4 is 15.0 Å². The topological polar surface area (TPSA) is 44.8 Å². The zero-order valence-electron chi connectivity index (χ0n) is 16.6. The van der Waals surface area contributed by atoms with Crippen molar-refractivity contribution in [1.82, 2.24) is 4.90 Å². The number of benzene rings is 2. The Kier molecular flexibility index (Phi) is 5.70. The van der Waals surface area contributed by atoms with E-state index in [-0.39, 0.29) is 12.1 Å². The van der Waals surface area contributed by atoms with Gasteiger partial charge >= 0.3 is 6.03 Å². The van der Waals surface area contributed by atoms with Gasteiger partial charge in [-0.15, -0.1) is 0 Å². The molecule has 1 atom stereocenters. The fourth-order valence-corrected chi connectivity index (χ4v) is 4.36. The molecule has 1 N–H and O–H groups in total. The highest BCUT2D eigenvalue weighted by atomic mass is 16.5. The molecule has 2 saturated heterocycles. The van der Waals surface area contributed by atoms with Gasteiger partial charge in [-0.3, -0.25) is 0 Å². The largest absolute Gasteiger partial charge is 0.497 e. The summed E-state index contributed by atoms with van der Waals surface area (Å²) < 4.78 is 5.26. The summed E-state index contributed by atoms with van der Waals surface area (Å²) >= 11 is 0. The zero-order valence-corrected chi connectivity index (χ0v) is 16.6. The lowest BCUT2D eigenvalue weighted by Gasteiger charge is -2.31. The molecule has 0 radical (unpaired) electrons. The first-order chi connectivity index (χ1) is 13.8. The number of urea groups is 1. The molecule has 0 spiro atoms. The molecule has 148 valence electrons. The number of carbonyl (C=O) groups is 1. The predicted octanol–water partition coefficient (Wildman–Crippen LogP) is 5.05. The van der Waals surface area contributed by atoms with Crippen LogP contribution in [0.3, 0.4) is 0 Å². The van der Waals surface area contributed by atoms with E-state index in [1.165, 1.54) is 19.3 Å². The quantitative estimate of drug-likeness (QED) is 0.808. The van der Waals surface area contributed by atoms with Crippen molar-refractivity contribution in [2.24, 2.45) is 0 Å². The summed E-state index contributed by atoms with van der Waals surface area (Å²) in [6, 6.07) is 16.4. The first-order valence-corrected chi connectivity index (χ1v) is 10.3. The zero-order chi connectivity index (χ0) is 19.3. The Hall–Kier alpha value is -2.69. The molecule has 5 nitrogen and oxygen atoms in total. The van der Waals surface area contributed by atoms with Crippen LogP contribution in [0.1, 0.15) is 43.7 Å². The highest BCUT2D eigenvalue weighted by molar-refractivity contribution is 5.93. The molecule has 0 aromatic heterocycles. The molecule has 0 aliphatic carbocycles. The van der Waals surface area contributed by atoms with Gasteiger partial charge in [-0.2, -0.15) is 0 Å². The first kappa shape index (κ1) is 18.7. The van der Waals surface area contributed by atoms with E-state index >= 15 is 0 Å². The van der Waals surface area contributed by atoms with Crippen LogP contribution >= 0.6 is 0 Å². The van der Waals surface area contributed by atoms with Gasteiger partial charge < -0.3 is 19.9 Å². The number of carbonyl (C=O) groups excluding carboxylic acids is 1. The van der Waals surface area contributed by atoms with Crippen molar-refractivity contribution < 1.29 is 9.53 Å². The van der Waals surface area contributed by atoms with Crippen molar-refractivity contribution in [3.05, 3.63) is 54.1 Å². The number of para-hydroxylation sites is 2. The van der Waals surface area contributed by atoms with Crippen molar-refractivity contribution in [2.75, 3.05) is 37.0 Å². The standard InChI is InChI=1S/C23H29N3O2/c1-28-19-13-11-18(12-14-19)21-10-7-17-26(21)23(27)24-20-8-3-4-9-22(20)25-15-5-2-6-16-25/h3-4,8-9,11-14,21H,2,5-7,10,15-17H2,1H3,(H,24,27)/t21-/m0/s1. The average Bonchev–Trinajstić information content (AvgIpc) is 3.25. The number of nitrogens with zero attached hydrogens (tertiary/aromatic N) is 2. The molecule has 2 amide bonds. The third-order valence-electron chi connectivity index (χ3n) is 5.86. The average molecular weight is 380 g/mol. The molecule has 2 aliphatic heterocycles. The van der Waals surface area contributed by atoms with Crippen LogP contribution in [0.25, 0.3) is 0 Å². The molecular weight excluding hydrogens is 350 g/mol. The number of hydrogen-bond acceptors (Lipinski definition) is 3. The highest BCUT2D eigenvalue weighted by Crippen LogP contribution is 2.34. The van der Waals surface area contributed by atoms with Gasteiger partial charge in [-0.05, 0) is 61.9 Å². The second kappa shape index (κ2) is 8.55. The minimum atomic E-state index is -0.0113. The number of hydrogen-bond donors (Lipinski definition) is 1. The number of methoxy groups -OCH3 is 1. The molecule has 0 bridgehead atoms. The molecule has 0 saturated carbocycles. The van der Waals surface area contributed by atoms with Gasteiger partial charge in [0.2, 0.25) is 0 Å². The van der Waals surface area contributed by atoms with Crippen molar-refractivity contribution in [3.63, 3.8) is 0 Å². The van der Waals surface area contributed by atoms with E-state index in [9.17, 15) is 4.79 Å². The van der Waals surface area contributed by atoms with Gasteiger partial charge in [-0.1, -0.05) is 24.3 Å². The Balaban J connectivity index is 1.50. The molecule has 28 heavy (non-hydrogen) atoms.